The molecule has 0 saturated carbocycles. The summed E-state index contributed by atoms with van der Waals surface area (Å²) < 4.78 is 0. The van der Waals surface area contributed by atoms with Crippen molar-refractivity contribution in [3.8, 4) is 17.3 Å². The van der Waals surface area contributed by atoms with Gasteiger partial charge in [-0.3, -0.25) is 9.78 Å². The zero-order valence-corrected chi connectivity index (χ0v) is 12.3. The lowest BCUT2D eigenvalue weighted by atomic mass is 10.0. The van der Waals surface area contributed by atoms with E-state index in [1.165, 1.54) is 6.08 Å². The fourth-order valence-corrected chi connectivity index (χ4v) is 2.41. The van der Waals surface area contributed by atoms with Crippen molar-refractivity contribution in [2.24, 2.45) is 0 Å². The number of nitrogens with zero attached hydrogens (tertiary/aromatic N) is 2. The summed E-state index contributed by atoms with van der Waals surface area (Å²) in [6.45, 7) is 3.45. The summed E-state index contributed by atoms with van der Waals surface area (Å²) in [5.41, 5.74) is 2.65. The maximum atomic E-state index is 11.7. The fourth-order valence-electron chi connectivity index (χ4n) is 2.41. The van der Waals surface area contributed by atoms with Crippen molar-refractivity contribution >= 4 is 22.4 Å². The smallest absolute Gasteiger partial charge is 0.247 e. The van der Waals surface area contributed by atoms with Crippen molar-refractivity contribution in [2.75, 3.05) is 5.32 Å². The minimum absolute atomic E-state index is 0.350. The number of pyridine rings is 1. The van der Waals surface area contributed by atoms with Crippen LogP contribution in [-0.2, 0) is 4.79 Å². The Balaban J connectivity index is 2.23. The first-order chi connectivity index (χ1) is 11.2. The first kappa shape index (κ1) is 14.5. The van der Waals surface area contributed by atoms with Crippen LogP contribution in [-0.4, -0.2) is 10.9 Å². The molecule has 0 fully saturated rings. The molecular weight excluding hydrogens is 286 g/mol. The molecule has 0 spiro atoms. The van der Waals surface area contributed by atoms with Crippen molar-refractivity contribution < 1.29 is 4.79 Å². The molecule has 1 amide bonds. The first-order valence-electron chi connectivity index (χ1n) is 7.04. The lowest BCUT2D eigenvalue weighted by Crippen LogP contribution is -2.09. The lowest BCUT2D eigenvalue weighted by Gasteiger charge is -2.11. The highest BCUT2D eigenvalue weighted by atomic mass is 16.1. The van der Waals surface area contributed by atoms with E-state index in [2.05, 4.69) is 22.9 Å². The van der Waals surface area contributed by atoms with Gasteiger partial charge >= 0.3 is 0 Å². The number of amides is 1. The molecule has 0 bridgehead atoms. The molecule has 1 N–H and O–H groups in total. The highest BCUT2D eigenvalue weighted by Crippen LogP contribution is 2.31. The van der Waals surface area contributed by atoms with Gasteiger partial charge in [-0.05, 0) is 35.7 Å². The van der Waals surface area contributed by atoms with Crippen LogP contribution in [0.3, 0.4) is 0 Å². The largest absolute Gasteiger partial charge is 0.321 e. The summed E-state index contributed by atoms with van der Waals surface area (Å²) in [4.78, 5) is 16.0. The van der Waals surface area contributed by atoms with Gasteiger partial charge in [-0.15, -0.1) is 0 Å². The molecule has 0 saturated heterocycles. The molecule has 0 aliphatic carbocycles. The Morgan fingerprint density at radius 2 is 2.04 bits per heavy atom. The number of carbonyl (C=O) groups is 1. The number of benzene rings is 2. The number of hydrogen-bond donors (Lipinski definition) is 1. The van der Waals surface area contributed by atoms with Gasteiger partial charge in [0.05, 0.1) is 16.9 Å². The van der Waals surface area contributed by atoms with Crippen LogP contribution in [0.4, 0.5) is 5.69 Å². The highest BCUT2D eigenvalue weighted by Gasteiger charge is 2.11. The van der Waals surface area contributed by atoms with Gasteiger partial charge in [0.15, 0.2) is 0 Å². The van der Waals surface area contributed by atoms with Crippen molar-refractivity contribution in [1.82, 2.24) is 4.98 Å². The Kier molecular flexibility index (Phi) is 3.86. The first-order valence-corrected chi connectivity index (χ1v) is 7.04. The van der Waals surface area contributed by atoms with Crippen LogP contribution in [0.5, 0.6) is 0 Å². The molecular formula is C19H13N3O. The average molecular weight is 299 g/mol. The third kappa shape index (κ3) is 2.81. The Bertz CT molecular complexity index is 940. The predicted octanol–water partition coefficient (Wildman–Crippen LogP) is 3.90. The fraction of sp³-hybridized carbons (Fsp3) is 0. The number of aromatic nitrogens is 1. The van der Waals surface area contributed by atoms with Crippen LogP contribution in [0.2, 0.25) is 0 Å². The maximum absolute atomic E-state index is 11.7. The molecule has 23 heavy (non-hydrogen) atoms. The molecule has 3 rings (SSSR count). The van der Waals surface area contributed by atoms with Crippen LogP contribution >= 0.6 is 0 Å². The maximum Gasteiger partial charge on any atom is 0.247 e. The normalized spacial score (nSPS) is 10.0. The zero-order valence-electron chi connectivity index (χ0n) is 12.3. The summed E-state index contributed by atoms with van der Waals surface area (Å²) in [6, 6.07) is 17.2. The molecule has 1 heterocycles. The summed E-state index contributed by atoms with van der Waals surface area (Å²) in [6.07, 6.45) is 2.91. The number of nitriles is 1. The van der Waals surface area contributed by atoms with Gasteiger partial charge in [-0.2, -0.15) is 5.26 Å². The average Bonchev–Trinajstić information content (AvgIpc) is 2.62. The van der Waals surface area contributed by atoms with E-state index in [0.717, 1.165) is 22.0 Å². The van der Waals surface area contributed by atoms with Crippen molar-refractivity contribution in [3.63, 3.8) is 0 Å². The van der Waals surface area contributed by atoms with E-state index in [1.54, 1.807) is 12.3 Å². The van der Waals surface area contributed by atoms with Gasteiger partial charge in [0, 0.05) is 17.1 Å². The van der Waals surface area contributed by atoms with Crippen LogP contribution in [0, 0.1) is 11.3 Å². The second-order valence-corrected chi connectivity index (χ2v) is 4.94. The molecule has 4 nitrogen and oxygen atoms in total. The Morgan fingerprint density at radius 1 is 1.22 bits per heavy atom. The van der Waals surface area contributed by atoms with Gasteiger partial charge < -0.3 is 5.32 Å². The van der Waals surface area contributed by atoms with E-state index in [1.807, 2.05) is 42.5 Å². The van der Waals surface area contributed by atoms with Crippen LogP contribution in [0.15, 0.2) is 67.4 Å². The third-order valence-corrected chi connectivity index (χ3v) is 3.54. The number of rotatable bonds is 3. The minimum Gasteiger partial charge on any atom is -0.321 e. The zero-order chi connectivity index (χ0) is 16.2. The second kappa shape index (κ2) is 6.12. The van der Waals surface area contributed by atoms with E-state index in [0.29, 0.717) is 11.3 Å². The van der Waals surface area contributed by atoms with E-state index >= 15 is 0 Å². The monoisotopic (exact) mass is 299 g/mol. The molecule has 2 aromatic carbocycles. The van der Waals surface area contributed by atoms with E-state index in [9.17, 15) is 10.1 Å². The SMILES string of the molecule is C=CC(=O)Nc1c(C#N)ccc2ccc(-c3ccccn3)cc12. The highest BCUT2D eigenvalue weighted by molar-refractivity contribution is 6.08. The molecule has 0 atom stereocenters. The number of nitrogens with one attached hydrogen (secondary N) is 1. The quantitative estimate of drug-likeness (QED) is 0.746. The Hall–Kier alpha value is -3.45. The van der Waals surface area contributed by atoms with E-state index in [-0.39, 0.29) is 5.91 Å². The van der Waals surface area contributed by atoms with Crippen molar-refractivity contribution in [2.45, 2.75) is 0 Å². The lowest BCUT2D eigenvalue weighted by molar-refractivity contribution is -0.111. The molecule has 4 heteroatoms. The molecule has 0 aliphatic rings. The van der Waals surface area contributed by atoms with Gasteiger partial charge in [-0.1, -0.05) is 30.8 Å². The molecule has 1 aromatic heterocycles. The van der Waals surface area contributed by atoms with Crippen LogP contribution in [0.25, 0.3) is 22.0 Å². The second-order valence-electron chi connectivity index (χ2n) is 4.94. The summed E-state index contributed by atoms with van der Waals surface area (Å²) in [7, 11) is 0. The van der Waals surface area contributed by atoms with E-state index < -0.39 is 0 Å². The summed E-state index contributed by atoms with van der Waals surface area (Å²) >= 11 is 0. The number of hydrogen-bond acceptors (Lipinski definition) is 3. The molecule has 0 aliphatic heterocycles. The van der Waals surface area contributed by atoms with Crippen molar-refractivity contribution in [1.29, 1.82) is 5.26 Å². The Labute approximate surface area is 133 Å². The predicted molar refractivity (Wildman–Crippen MR) is 90.7 cm³/mol. The van der Waals surface area contributed by atoms with E-state index in [4.69, 9.17) is 0 Å². The van der Waals surface area contributed by atoms with Gasteiger partial charge in [0.1, 0.15) is 6.07 Å². The van der Waals surface area contributed by atoms with Gasteiger partial charge in [0.25, 0.3) is 0 Å². The molecule has 0 radical (unpaired) electrons. The van der Waals surface area contributed by atoms with Crippen molar-refractivity contribution in [3.05, 3.63) is 72.9 Å². The topological polar surface area (TPSA) is 65.8 Å². The summed E-state index contributed by atoms with van der Waals surface area (Å²) in [5, 5.41) is 13.8. The minimum atomic E-state index is -0.350. The number of fused-ring (bicyclic) bond motifs is 1. The third-order valence-electron chi connectivity index (χ3n) is 3.54. The number of carbonyl (C=O) groups excluding carboxylic acids is 1. The summed E-state index contributed by atoms with van der Waals surface area (Å²) in [5.74, 6) is -0.350. The van der Waals surface area contributed by atoms with Crippen LogP contribution < -0.4 is 5.32 Å². The molecule has 110 valence electrons. The standard InChI is InChI=1S/C19H13N3O/c1-2-18(23)22-19-15(12-20)9-7-13-6-8-14(11-16(13)19)17-5-3-4-10-21-17/h2-11H,1H2,(H,22,23). The molecule has 0 unspecified atom stereocenters. The Morgan fingerprint density at radius 3 is 2.74 bits per heavy atom. The molecule has 3 aromatic rings. The van der Waals surface area contributed by atoms with Gasteiger partial charge in [0.2, 0.25) is 5.91 Å². The van der Waals surface area contributed by atoms with Gasteiger partial charge in [-0.25, -0.2) is 0 Å². The number of anilines is 1. The van der Waals surface area contributed by atoms with Crippen LogP contribution in [0.1, 0.15) is 5.56 Å².